The average Bonchev–Trinajstić information content (AvgIpc) is 2.56. The van der Waals surface area contributed by atoms with E-state index >= 15 is 0 Å². The van der Waals surface area contributed by atoms with Crippen LogP contribution in [0.4, 0.5) is 16.2 Å². The van der Waals surface area contributed by atoms with Crippen LogP contribution in [0.25, 0.3) is 0 Å². The van der Waals surface area contributed by atoms with Crippen LogP contribution in [0.3, 0.4) is 0 Å². The number of urea groups is 1. The molecule has 0 aliphatic rings. The highest BCUT2D eigenvalue weighted by Gasteiger charge is 2.07. The van der Waals surface area contributed by atoms with Gasteiger partial charge < -0.3 is 20.5 Å². The van der Waals surface area contributed by atoms with Crippen molar-refractivity contribution >= 4 is 23.4 Å². The predicted molar refractivity (Wildman–Crippen MR) is 92.1 cm³/mol. The summed E-state index contributed by atoms with van der Waals surface area (Å²) in [6, 6.07) is 12.9. The molecule has 0 spiro atoms. The number of aliphatic hydroxyl groups is 1. The Hall–Kier alpha value is -2.86. The molecule has 2 aromatic carbocycles. The van der Waals surface area contributed by atoms with Gasteiger partial charge in [-0.25, -0.2) is 9.59 Å². The molecule has 6 nitrogen and oxygen atoms in total. The SMILES string of the molecule is CCOC(=O)c1ccc(NC(=O)Nc2ccc(C(C)O)cc2)cc1. The van der Waals surface area contributed by atoms with Gasteiger partial charge in [0.05, 0.1) is 18.3 Å². The molecule has 0 fully saturated rings. The lowest BCUT2D eigenvalue weighted by Crippen LogP contribution is -2.19. The number of hydrogen-bond acceptors (Lipinski definition) is 4. The maximum absolute atomic E-state index is 12.0. The fraction of sp³-hybridized carbons (Fsp3) is 0.222. The van der Waals surface area contributed by atoms with Crippen molar-refractivity contribution in [3.8, 4) is 0 Å². The van der Waals surface area contributed by atoms with E-state index in [0.29, 0.717) is 23.5 Å². The molecule has 1 unspecified atom stereocenters. The fourth-order valence-corrected chi connectivity index (χ4v) is 2.04. The van der Waals surface area contributed by atoms with Crippen LogP contribution < -0.4 is 10.6 Å². The molecule has 126 valence electrons. The number of amides is 2. The van der Waals surface area contributed by atoms with E-state index in [9.17, 15) is 14.7 Å². The Morgan fingerprint density at radius 2 is 1.50 bits per heavy atom. The van der Waals surface area contributed by atoms with Gasteiger partial charge in [0, 0.05) is 11.4 Å². The summed E-state index contributed by atoms with van der Waals surface area (Å²) >= 11 is 0. The van der Waals surface area contributed by atoms with Gasteiger partial charge in [-0.3, -0.25) is 0 Å². The summed E-state index contributed by atoms with van der Waals surface area (Å²) in [4.78, 5) is 23.5. The van der Waals surface area contributed by atoms with Gasteiger partial charge in [-0.05, 0) is 55.8 Å². The predicted octanol–water partition coefficient (Wildman–Crippen LogP) is 3.56. The summed E-state index contributed by atoms with van der Waals surface area (Å²) in [5.74, 6) is -0.397. The lowest BCUT2D eigenvalue weighted by Gasteiger charge is -2.10. The first-order valence-electron chi connectivity index (χ1n) is 7.63. The third kappa shape index (κ3) is 4.82. The van der Waals surface area contributed by atoms with Gasteiger partial charge in [-0.1, -0.05) is 12.1 Å². The van der Waals surface area contributed by atoms with Crippen LogP contribution in [-0.2, 0) is 4.74 Å². The van der Waals surface area contributed by atoms with E-state index in [-0.39, 0.29) is 0 Å². The van der Waals surface area contributed by atoms with Gasteiger partial charge in [0.2, 0.25) is 0 Å². The number of carbonyl (C=O) groups excluding carboxylic acids is 2. The number of ether oxygens (including phenoxy) is 1. The standard InChI is InChI=1S/C18H20N2O4/c1-3-24-17(22)14-6-10-16(11-7-14)20-18(23)19-15-8-4-13(5-9-15)12(2)21/h4-12,21H,3H2,1-2H3,(H2,19,20,23). The summed E-state index contributed by atoms with van der Waals surface area (Å²) in [5.41, 5.74) is 2.37. The van der Waals surface area contributed by atoms with Crippen molar-refractivity contribution in [2.75, 3.05) is 17.2 Å². The van der Waals surface area contributed by atoms with Gasteiger partial charge in [0.25, 0.3) is 0 Å². The smallest absolute Gasteiger partial charge is 0.338 e. The van der Waals surface area contributed by atoms with Gasteiger partial charge in [0.1, 0.15) is 0 Å². The minimum absolute atomic E-state index is 0.315. The summed E-state index contributed by atoms with van der Waals surface area (Å²) in [6.07, 6.45) is -0.550. The molecule has 24 heavy (non-hydrogen) atoms. The van der Waals surface area contributed by atoms with Crippen molar-refractivity contribution in [2.45, 2.75) is 20.0 Å². The Kier molecular flexibility index (Phi) is 5.92. The van der Waals surface area contributed by atoms with Crippen molar-refractivity contribution in [3.63, 3.8) is 0 Å². The van der Waals surface area contributed by atoms with Crippen molar-refractivity contribution in [2.24, 2.45) is 0 Å². The number of nitrogens with one attached hydrogen (secondary N) is 2. The Labute approximate surface area is 140 Å². The van der Waals surface area contributed by atoms with Crippen LogP contribution in [-0.4, -0.2) is 23.7 Å². The molecular formula is C18H20N2O4. The normalized spacial score (nSPS) is 11.5. The van der Waals surface area contributed by atoms with Gasteiger partial charge in [0.15, 0.2) is 0 Å². The van der Waals surface area contributed by atoms with E-state index in [1.807, 2.05) is 0 Å². The van der Waals surface area contributed by atoms with Gasteiger partial charge >= 0.3 is 12.0 Å². The molecular weight excluding hydrogens is 308 g/mol. The molecule has 0 bridgehead atoms. The largest absolute Gasteiger partial charge is 0.462 e. The minimum Gasteiger partial charge on any atom is -0.462 e. The number of hydrogen-bond donors (Lipinski definition) is 3. The second kappa shape index (κ2) is 8.12. The number of anilines is 2. The summed E-state index contributed by atoms with van der Waals surface area (Å²) < 4.78 is 4.90. The molecule has 1 atom stereocenters. The second-order valence-corrected chi connectivity index (χ2v) is 5.17. The van der Waals surface area contributed by atoms with E-state index in [4.69, 9.17) is 4.74 Å². The molecule has 0 aliphatic heterocycles. The Morgan fingerprint density at radius 3 is 1.96 bits per heavy atom. The van der Waals surface area contributed by atoms with Gasteiger partial charge in [-0.15, -0.1) is 0 Å². The molecule has 0 saturated carbocycles. The number of carbonyl (C=O) groups is 2. The monoisotopic (exact) mass is 328 g/mol. The van der Waals surface area contributed by atoms with E-state index in [2.05, 4.69) is 10.6 Å². The molecule has 0 saturated heterocycles. The Balaban J connectivity index is 1.93. The number of esters is 1. The Morgan fingerprint density at radius 1 is 1.00 bits per heavy atom. The van der Waals surface area contributed by atoms with Crippen molar-refractivity contribution in [3.05, 3.63) is 59.7 Å². The summed E-state index contributed by atoms with van der Waals surface area (Å²) in [6.45, 7) is 3.73. The molecule has 0 aliphatic carbocycles. The number of aliphatic hydroxyl groups excluding tert-OH is 1. The topological polar surface area (TPSA) is 87.7 Å². The van der Waals surface area contributed by atoms with Crippen LogP contribution in [0.1, 0.15) is 35.9 Å². The first kappa shape index (κ1) is 17.5. The maximum atomic E-state index is 12.0. The fourth-order valence-electron chi connectivity index (χ4n) is 2.04. The van der Waals surface area contributed by atoms with E-state index in [1.165, 1.54) is 0 Å². The molecule has 0 heterocycles. The van der Waals surface area contributed by atoms with Crippen molar-refractivity contribution in [1.82, 2.24) is 0 Å². The number of benzene rings is 2. The molecule has 6 heteroatoms. The van der Waals surface area contributed by atoms with Crippen LogP contribution in [0.2, 0.25) is 0 Å². The number of rotatable bonds is 5. The summed E-state index contributed by atoms with van der Waals surface area (Å²) in [5, 5.41) is 14.8. The molecule has 3 N–H and O–H groups in total. The van der Waals surface area contributed by atoms with Crippen molar-refractivity contribution < 1.29 is 19.4 Å². The van der Waals surface area contributed by atoms with Crippen LogP contribution in [0.15, 0.2) is 48.5 Å². The second-order valence-electron chi connectivity index (χ2n) is 5.17. The molecule has 2 rings (SSSR count). The average molecular weight is 328 g/mol. The highest BCUT2D eigenvalue weighted by molar-refractivity contribution is 6.00. The lowest BCUT2D eigenvalue weighted by molar-refractivity contribution is 0.0526. The zero-order valence-electron chi connectivity index (χ0n) is 13.6. The minimum atomic E-state index is -0.550. The molecule has 0 radical (unpaired) electrons. The Bertz CT molecular complexity index is 694. The zero-order valence-corrected chi connectivity index (χ0v) is 13.6. The first-order valence-corrected chi connectivity index (χ1v) is 7.63. The molecule has 2 aromatic rings. The van der Waals surface area contributed by atoms with Crippen LogP contribution >= 0.6 is 0 Å². The highest BCUT2D eigenvalue weighted by atomic mass is 16.5. The van der Waals surface area contributed by atoms with E-state index in [1.54, 1.807) is 62.4 Å². The third-order valence-corrected chi connectivity index (χ3v) is 3.30. The zero-order chi connectivity index (χ0) is 17.5. The van der Waals surface area contributed by atoms with E-state index < -0.39 is 18.1 Å². The van der Waals surface area contributed by atoms with Crippen LogP contribution in [0.5, 0.6) is 0 Å². The third-order valence-electron chi connectivity index (χ3n) is 3.30. The van der Waals surface area contributed by atoms with Crippen LogP contribution in [0, 0.1) is 0 Å². The first-order chi connectivity index (χ1) is 11.5. The lowest BCUT2D eigenvalue weighted by atomic mass is 10.1. The summed E-state index contributed by atoms with van der Waals surface area (Å²) in [7, 11) is 0. The van der Waals surface area contributed by atoms with Crippen molar-refractivity contribution in [1.29, 1.82) is 0 Å². The quantitative estimate of drug-likeness (QED) is 0.732. The molecule has 0 aromatic heterocycles. The highest BCUT2D eigenvalue weighted by Crippen LogP contribution is 2.16. The molecule has 2 amide bonds. The van der Waals surface area contributed by atoms with Gasteiger partial charge in [-0.2, -0.15) is 0 Å². The maximum Gasteiger partial charge on any atom is 0.338 e. The van der Waals surface area contributed by atoms with E-state index in [0.717, 1.165) is 5.56 Å².